The van der Waals surface area contributed by atoms with E-state index >= 15 is 0 Å². The molecule has 96 valence electrons. The van der Waals surface area contributed by atoms with E-state index in [2.05, 4.69) is 6.92 Å². The van der Waals surface area contributed by atoms with Gasteiger partial charge < -0.3 is 9.53 Å². The number of hydrogen-bond acceptors (Lipinski definition) is 3. The van der Waals surface area contributed by atoms with Crippen LogP contribution in [0, 0.1) is 5.92 Å². The number of rotatable bonds is 3. The second-order valence-electron chi connectivity index (χ2n) is 4.18. The second kappa shape index (κ2) is 10.8. The molecule has 0 aliphatic carbocycles. The van der Waals surface area contributed by atoms with Crippen LogP contribution in [0.3, 0.4) is 0 Å². The molecule has 0 aromatic carbocycles. The fourth-order valence-electron chi connectivity index (χ4n) is 0.304. The highest BCUT2D eigenvalue weighted by Crippen LogP contribution is 2.10. The van der Waals surface area contributed by atoms with Crippen molar-refractivity contribution in [1.82, 2.24) is 0 Å². The van der Waals surface area contributed by atoms with Crippen LogP contribution in [0.1, 0.15) is 54.4 Å². The van der Waals surface area contributed by atoms with Gasteiger partial charge in [0.15, 0.2) is 0 Å². The molecule has 3 heteroatoms. The maximum absolute atomic E-state index is 10.1. The largest absolute Gasteiger partial charge is 0.373 e. The van der Waals surface area contributed by atoms with Gasteiger partial charge in [0.2, 0.25) is 0 Å². The number of hydrogen-bond donors (Lipinski definition) is 0. The number of epoxide rings is 1. The third-order valence-electron chi connectivity index (χ3n) is 2.17. The molecule has 3 nitrogen and oxygen atoms in total. The fourth-order valence-corrected chi connectivity index (χ4v) is 0.304. The summed E-state index contributed by atoms with van der Waals surface area (Å²) in [7, 11) is 0. The Morgan fingerprint density at radius 2 is 1.56 bits per heavy atom. The monoisotopic (exact) mass is 230 g/mol. The van der Waals surface area contributed by atoms with Gasteiger partial charge in [0, 0.05) is 12.3 Å². The lowest BCUT2D eigenvalue weighted by Crippen LogP contribution is -1.98. The molecule has 1 unspecified atom stereocenters. The first-order valence-corrected chi connectivity index (χ1v) is 5.96. The molecule has 1 atom stereocenters. The summed E-state index contributed by atoms with van der Waals surface area (Å²) in [6, 6.07) is 0. The maximum atomic E-state index is 10.1. The molecule has 0 saturated carbocycles. The Morgan fingerprint density at radius 3 is 1.56 bits per heavy atom. The summed E-state index contributed by atoms with van der Waals surface area (Å²) in [5.41, 5.74) is 0. The topological polar surface area (TPSA) is 46.7 Å². The number of ether oxygens (including phenoxy) is 1. The average molecular weight is 230 g/mol. The van der Waals surface area contributed by atoms with E-state index < -0.39 is 0 Å². The van der Waals surface area contributed by atoms with Crippen molar-refractivity contribution in [3.8, 4) is 0 Å². The predicted molar refractivity (Wildman–Crippen MR) is 66.5 cm³/mol. The molecule has 0 aromatic heterocycles. The highest BCUT2D eigenvalue weighted by atomic mass is 16.6. The van der Waals surface area contributed by atoms with Crippen LogP contribution in [0.2, 0.25) is 0 Å². The zero-order valence-corrected chi connectivity index (χ0v) is 11.5. The number of carbonyl (C=O) groups is 2. The van der Waals surface area contributed by atoms with Gasteiger partial charge in [0.1, 0.15) is 11.6 Å². The summed E-state index contributed by atoms with van der Waals surface area (Å²) in [5, 5.41) is 0. The molecule has 0 amide bonds. The molecular formula is C13H26O3. The van der Waals surface area contributed by atoms with Crippen molar-refractivity contribution in [3.63, 3.8) is 0 Å². The highest BCUT2D eigenvalue weighted by Gasteiger charge is 2.18. The molecular weight excluding hydrogens is 204 g/mol. The van der Waals surface area contributed by atoms with Crippen LogP contribution in [0.25, 0.3) is 0 Å². The molecule has 0 spiro atoms. The Labute approximate surface area is 99.6 Å². The first-order chi connectivity index (χ1) is 7.34. The van der Waals surface area contributed by atoms with Gasteiger partial charge in [0.25, 0.3) is 0 Å². The van der Waals surface area contributed by atoms with Crippen molar-refractivity contribution >= 4 is 11.6 Å². The third kappa shape index (κ3) is 19.0. The predicted octanol–water partition coefficient (Wildman–Crippen LogP) is 3.01. The number of ketones is 2. The van der Waals surface area contributed by atoms with E-state index in [-0.39, 0.29) is 17.5 Å². The van der Waals surface area contributed by atoms with E-state index in [1.54, 1.807) is 13.8 Å². The Hall–Kier alpha value is -0.700. The number of Topliss-reactive ketones (excluding diaryl/α,β-unsaturated/α-hetero) is 2. The summed E-state index contributed by atoms with van der Waals surface area (Å²) >= 11 is 0. The van der Waals surface area contributed by atoms with E-state index in [4.69, 9.17) is 4.74 Å². The lowest BCUT2D eigenvalue weighted by molar-refractivity contribution is -0.119. The quantitative estimate of drug-likeness (QED) is 0.700. The minimum atomic E-state index is 0.213. The van der Waals surface area contributed by atoms with Gasteiger partial charge in [-0.2, -0.15) is 0 Å². The number of carbonyl (C=O) groups excluding carboxylic acids is 2. The Balaban J connectivity index is 0. The minimum absolute atomic E-state index is 0.213. The smallest absolute Gasteiger partial charge is 0.132 e. The van der Waals surface area contributed by atoms with Gasteiger partial charge >= 0.3 is 0 Å². The van der Waals surface area contributed by atoms with Crippen LogP contribution in [-0.4, -0.2) is 24.3 Å². The molecule has 1 heterocycles. The van der Waals surface area contributed by atoms with Crippen molar-refractivity contribution in [1.29, 1.82) is 0 Å². The van der Waals surface area contributed by atoms with Crippen LogP contribution >= 0.6 is 0 Å². The van der Waals surface area contributed by atoms with E-state index in [9.17, 15) is 9.59 Å². The minimum Gasteiger partial charge on any atom is -0.373 e. The highest BCUT2D eigenvalue weighted by molar-refractivity contribution is 5.77. The molecule has 16 heavy (non-hydrogen) atoms. The van der Waals surface area contributed by atoms with Crippen molar-refractivity contribution in [2.75, 3.05) is 6.61 Å². The van der Waals surface area contributed by atoms with E-state index in [0.29, 0.717) is 12.5 Å². The molecule has 1 aliphatic heterocycles. The van der Waals surface area contributed by atoms with E-state index in [1.165, 1.54) is 6.42 Å². The van der Waals surface area contributed by atoms with Gasteiger partial charge in [-0.05, 0) is 20.3 Å². The van der Waals surface area contributed by atoms with Gasteiger partial charge in [0.05, 0.1) is 12.7 Å². The van der Waals surface area contributed by atoms with Crippen molar-refractivity contribution < 1.29 is 14.3 Å². The van der Waals surface area contributed by atoms with Gasteiger partial charge in [-0.1, -0.05) is 27.7 Å². The lowest BCUT2D eigenvalue weighted by Gasteiger charge is -1.90. The Morgan fingerprint density at radius 1 is 1.25 bits per heavy atom. The zero-order valence-electron chi connectivity index (χ0n) is 11.5. The van der Waals surface area contributed by atoms with Crippen molar-refractivity contribution in [2.45, 2.75) is 60.5 Å². The standard InChI is InChI=1S/C5H10O.2C4H8O/c1-4(2)5(3)6;1-2-4-3-5-4;1-3-4(2)5/h4H,1-3H3;4H,2-3H2,1H3;3H2,1-2H3. The van der Waals surface area contributed by atoms with E-state index in [1.807, 2.05) is 20.8 Å². The molecule has 1 fully saturated rings. The maximum Gasteiger partial charge on any atom is 0.132 e. The van der Waals surface area contributed by atoms with Crippen LogP contribution < -0.4 is 0 Å². The zero-order chi connectivity index (χ0) is 13.1. The molecule has 0 N–H and O–H groups in total. The normalized spacial score (nSPS) is 16.6. The van der Waals surface area contributed by atoms with Crippen molar-refractivity contribution in [2.24, 2.45) is 5.92 Å². The summed E-state index contributed by atoms with van der Waals surface area (Å²) in [6.07, 6.45) is 2.50. The van der Waals surface area contributed by atoms with Gasteiger partial charge in [-0.25, -0.2) is 0 Å². The summed E-state index contributed by atoms with van der Waals surface area (Å²) in [4.78, 5) is 20.0. The molecule has 1 rings (SSSR count). The summed E-state index contributed by atoms with van der Waals surface area (Å²) < 4.78 is 4.86. The van der Waals surface area contributed by atoms with Crippen LogP contribution in [0.5, 0.6) is 0 Å². The van der Waals surface area contributed by atoms with Crippen LogP contribution in [0.4, 0.5) is 0 Å². The Bertz CT molecular complexity index is 193. The third-order valence-corrected chi connectivity index (χ3v) is 2.17. The second-order valence-corrected chi connectivity index (χ2v) is 4.18. The molecule has 1 aliphatic rings. The van der Waals surface area contributed by atoms with E-state index in [0.717, 1.165) is 6.61 Å². The van der Waals surface area contributed by atoms with Crippen LogP contribution in [-0.2, 0) is 14.3 Å². The first-order valence-electron chi connectivity index (χ1n) is 5.96. The molecule has 0 radical (unpaired) electrons. The van der Waals surface area contributed by atoms with Crippen molar-refractivity contribution in [3.05, 3.63) is 0 Å². The molecule has 0 aromatic rings. The molecule has 1 saturated heterocycles. The average Bonchev–Trinajstić information content (AvgIpc) is 3.02. The summed E-state index contributed by atoms with van der Waals surface area (Å²) in [6.45, 7) is 12.0. The Kier molecular flexibility index (Phi) is 11.9. The van der Waals surface area contributed by atoms with Crippen LogP contribution in [0.15, 0.2) is 0 Å². The fraction of sp³-hybridized carbons (Fsp3) is 0.846. The SMILES string of the molecule is CC(=O)C(C)C.CCC(C)=O.CCC1CO1. The summed E-state index contributed by atoms with van der Waals surface area (Å²) in [5.74, 6) is 0.727. The first kappa shape index (κ1) is 17.7. The van der Waals surface area contributed by atoms with Gasteiger partial charge in [-0.3, -0.25) is 4.79 Å². The molecule has 0 bridgehead atoms. The van der Waals surface area contributed by atoms with Gasteiger partial charge in [-0.15, -0.1) is 0 Å². The lowest BCUT2D eigenvalue weighted by atomic mass is 10.1.